The minimum atomic E-state index is -0.284. The maximum atomic E-state index is 9.90. The number of aromatic nitrogens is 4. The fraction of sp³-hybridized carbons (Fsp3) is 0.0952. The van der Waals surface area contributed by atoms with Gasteiger partial charge < -0.3 is 10.8 Å². The highest BCUT2D eigenvalue weighted by molar-refractivity contribution is 6.30. The summed E-state index contributed by atoms with van der Waals surface area (Å²) in [6, 6.07) is 16.8. The van der Waals surface area contributed by atoms with Crippen LogP contribution in [0.4, 0.5) is 5.82 Å². The van der Waals surface area contributed by atoms with Crippen molar-refractivity contribution in [1.82, 2.24) is 19.7 Å². The molecule has 0 saturated heterocycles. The van der Waals surface area contributed by atoms with Crippen LogP contribution in [-0.4, -0.2) is 31.5 Å². The third-order valence-corrected chi connectivity index (χ3v) is 4.81. The molecule has 6 nitrogen and oxygen atoms in total. The maximum Gasteiger partial charge on any atom is 0.135 e. The molecule has 0 spiro atoms. The second kappa shape index (κ2) is 7.80. The predicted molar refractivity (Wildman–Crippen MR) is 110 cm³/mol. The quantitative estimate of drug-likeness (QED) is 0.539. The molecular formula is C21H18ClN5O. The number of benzene rings is 2. The Morgan fingerprint density at radius 3 is 2.46 bits per heavy atom. The molecule has 0 aliphatic carbocycles. The Morgan fingerprint density at radius 2 is 1.75 bits per heavy atom. The summed E-state index contributed by atoms with van der Waals surface area (Å²) in [5.41, 5.74) is 10.2. The molecule has 0 aliphatic rings. The van der Waals surface area contributed by atoms with Crippen LogP contribution < -0.4 is 5.73 Å². The lowest BCUT2D eigenvalue weighted by molar-refractivity contribution is 0.241. The zero-order valence-corrected chi connectivity index (χ0v) is 15.7. The van der Waals surface area contributed by atoms with Crippen molar-refractivity contribution in [3.8, 4) is 22.4 Å². The number of halogens is 1. The Balaban J connectivity index is 1.77. The Labute approximate surface area is 167 Å². The van der Waals surface area contributed by atoms with Crippen LogP contribution in [0, 0.1) is 0 Å². The van der Waals surface area contributed by atoms with Crippen LogP contribution in [0.15, 0.2) is 73.3 Å². The van der Waals surface area contributed by atoms with Gasteiger partial charge in [0.2, 0.25) is 0 Å². The topological polar surface area (TPSA) is 89.9 Å². The second-order valence-corrected chi connectivity index (χ2v) is 6.74. The van der Waals surface area contributed by atoms with E-state index in [0.29, 0.717) is 16.5 Å². The molecule has 0 saturated carbocycles. The molecule has 4 aromatic rings. The number of nitrogens with zero attached hydrogens (tertiary/aromatic N) is 4. The van der Waals surface area contributed by atoms with E-state index in [-0.39, 0.29) is 12.6 Å². The third kappa shape index (κ3) is 3.47. The number of nitrogens with two attached hydrogens (primary N) is 1. The standard InChI is InChI=1S/C21H18ClN5O/c22-17-8-6-15(7-9-17)19-20(24-13-25-21(19)23)16-10-26-27(11-16)18(12-28)14-4-2-1-3-5-14/h1-11,13,18,28H,12H2,(H2,23,24,25). The Bertz CT molecular complexity index is 1080. The normalized spacial score (nSPS) is 12.1. The van der Waals surface area contributed by atoms with Crippen molar-refractivity contribution in [3.63, 3.8) is 0 Å². The van der Waals surface area contributed by atoms with Gasteiger partial charge in [0.1, 0.15) is 12.1 Å². The number of nitrogen functional groups attached to an aromatic ring is 1. The number of rotatable bonds is 5. The van der Waals surface area contributed by atoms with Crippen molar-refractivity contribution in [3.05, 3.63) is 83.9 Å². The van der Waals surface area contributed by atoms with Crippen molar-refractivity contribution in [2.24, 2.45) is 0 Å². The van der Waals surface area contributed by atoms with Gasteiger partial charge >= 0.3 is 0 Å². The smallest absolute Gasteiger partial charge is 0.135 e. The molecule has 2 aromatic heterocycles. The highest BCUT2D eigenvalue weighted by atomic mass is 35.5. The summed E-state index contributed by atoms with van der Waals surface area (Å²) < 4.78 is 1.73. The van der Waals surface area contributed by atoms with Gasteiger partial charge in [-0.15, -0.1) is 0 Å². The van der Waals surface area contributed by atoms with Crippen LogP contribution in [0.3, 0.4) is 0 Å². The molecule has 2 heterocycles. The summed E-state index contributed by atoms with van der Waals surface area (Å²) in [4.78, 5) is 8.58. The molecule has 0 aliphatic heterocycles. The lowest BCUT2D eigenvalue weighted by Gasteiger charge is -2.15. The fourth-order valence-electron chi connectivity index (χ4n) is 3.17. The van der Waals surface area contributed by atoms with E-state index in [1.807, 2.05) is 48.7 Å². The molecule has 1 unspecified atom stereocenters. The molecule has 0 radical (unpaired) electrons. The van der Waals surface area contributed by atoms with Gasteiger partial charge in [0.05, 0.1) is 30.1 Å². The Morgan fingerprint density at radius 1 is 1.00 bits per heavy atom. The molecule has 0 bridgehead atoms. The minimum absolute atomic E-state index is 0.0684. The van der Waals surface area contributed by atoms with E-state index >= 15 is 0 Å². The van der Waals surface area contributed by atoms with Gasteiger partial charge in [-0.1, -0.05) is 54.1 Å². The van der Waals surface area contributed by atoms with Crippen molar-refractivity contribution >= 4 is 17.4 Å². The first kappa shape index (κ1) is 18.2. The van der Waals surface area contributed by atoms with Gasteiger partial charge in [0, 0.05) is 16.8 Å². The minimum Gasteiger partial charge on any atom is -0.394 e. The van der Waals surface area contributed by atoms with Crippen LogP contribution in [0.5, 0.6) is 0 Å². The number of hydrogen-bond acceptors (Lipinski definition) is 5. The van der Waals surface area contributed by atoms with Gasteiger partial charge in [0.25, 0.3) is 0 Å². The third-order valence-electron chi connectivity index (χ3n) is 4.56. The van der Waals surface area contributed by atoms with Gasteiger partial charge in [-0.25, -0.2) is 9.97 Å². The van der Waals surface area contributed by atoms with E-state index in [9.17, 15) is 5.11 Å². The molecule has 3 N–H and O–H groups in total. The van der Waals surface area contributed by atoms with Gasteiger partial charge in [0.15, 0.2) is 0 Å². The molecule has 7 heteroatoms. The van der Waals surface area contributed by atoms with Crippen LogP contribution in [-0.2, 0) is 0 Å². The average molecular weight is 392 g/mol. The summed E-state index contributed by atoms with van der Waals surface area (Å²) in [5, 5.41) is 15.0. The molecular weight excluding hydrogens is 374 g/mol. The van der Waals surface area contributed by atoms with Crippen LogP contribution in [0.2, 0.25) is 5.02 Å². The summed E-state index contributed by atoms with van der Waals surface area (Å²) in [7, 11) is 0. The fourth-order valence-corrected chi connectivity index (χ4v) is 3.29. The van der Waals surface area contributed by atoms with Crippen LogP contribution >= 0.6 is 11.6 Å². The van der Waals surface area contributed by atoms with E-state index in [4.69, 9.17) is 17.3 Å². The van der Waals surface area contributed by atoms with Crippen LogP contribution in [0.25, 0.3) is 22.4 Å². The van der Waals surface area contributed by atoms with E-state index in [1.165, 1.54) is 6.33 Å². The first-order valence-electron chi connectivity index (χ1n) is 8.74. The molecule has 28 heavy (non-hydrogen) atoms. The molecule has 0 amide bonds. The molecule has 1 atom stereocenters. The Kier molecular flexibility index (Phi) is 5.06. The van der Waals surface area contributed by atoms with Gasteiger partial charge in [-0.05, 0) is 23.3 Å². The molecule has 2 aromatic carbocycles. The summed E-state index contributed by atoms with van der Waals surface area (Å²) >= 11 is 6.01. The van der Waals surface area contributed by atoms with E-state index in [0.717, 1.165) is 22.3 Å². The predicted octanol–water partition coefficient (Wildman–Crippen LogP) is 3.82. The number of hydrogen-bond donors (Lipinski definition) is 2. The zero-order chi connectivity index (χ0) is 19.5. The maximum absolute atomic E-state index is 9.90. The second-order valence-electron chi connectivity index (χ2n) is 6.31. The Hall–Kier alpha value is -3.22. The van der Waals surface area contributed by atoms with Gasteiger partial charge in [-0.2, -0.15) is 5.10 Å². The van der Waals surface area contributed by atoms with E-state index < -0.39 is 0 Å². The molecule has 0 fully saturated rings. The molecule has 140 valence electrons. The lowest BCUT2D eigenvalue weighted by Crippen LogP contribution is -2.15. The first-order valence-corrected chi connectivity index (χ1v) is 9.12. The van der Waals surface area contributed by atoms with Crippen molar-refractivity contribution in [2.75, 3.05) is 12.3 Å². The largest absolute Gasteiger partial charge is 0.394 e. The van der Waals surface area contributed by atoms with Crippen molar-refractivity contribution < 1.29 is 5.11 Å². The van der Waals surface area contributed by atoms with Crippen LogP contribution in [0.1, 0.15) is 11.6 Å². The van der Waals surface area contributed by atoms with E-state index in [2.05, 4.69) is 15.1 Å². The monoisotopic (exact) mass is 391 g/mol. The van der Waals surface area contributed by atoms with Crippen molar-refractivity contribution in [2.45, 2.75) is 6.04 Å². The lowest BCUT2D eigenvalue weighted by atomic mass is 10.0. The summed E-state index contributed by atoms with van der Waals surface area (Å²) in [6.07, 6.45) is 5.00. The van der Waals surface area contributed by atoms with E-state index in [1.54, 1.807) is 23.0 Å². The molecule has 4 rings (SSSR count). The average Bonchev–Trinajstić information content (AvgIpc) is 3.20. The highest BCUT2D eigenvalue weighted by Gasteiger charge is 2.18. The highest BCUT2D eigenvalue weighted by Crippen LogP contribution is 2.34. The summed E-state index contributed by atoms with van der Waals surface area (Å²) in [6.45, 7) is -0.0684. The number of anilines is 1. The number of aliphatic hydroxyl groups is 1. The first-order chi connectivity index (χ1) is 13.7. The van der Waals surface area contributed by atoms with Gasteiger partial charge in [-0.3, -0.25) is 4.68 Å². The SMILES string of the molecule is Nc1ncnc(-c2cnn(C(CO)c3ccccc3)c2)c1-c1ccc(Cl)cc1. The zero-order valence-electron chi connectivity index (χ0n) is 14.9. The number of aliphatic hydroxyl groups excluding tert-OH is 1. The van der Waals surface area contributed by atoms with Crippen molar-refractivity contribution in [1.29, 1.82) is 0 Å². The summed E-state index contributed by atoms with van der Waals surface area (Å²) in [5.74, 6) is 0.377.